The largest absolute Gasteiger partial charge is 0.270 e. The standard InChI is InChI=1S/C16H7Cl2F2NOS2/c17-10-2-1-3-12(19)9(10)7-14-15(22)21(16(23)24-14)8-4-5-13(20)11(18)6-8/h1-7H/b14-7-. The molecule has 122 valence electrons. The molecule has 2 nitrogen and oxygen atoms in total. The average molecular weight is 402 g/mol. The molecule has 24 heavy (non-hydrogen) atoms. The molecule has 8 heteroatoms. The number of hydrogen-bond acceptors (Lipinski definition) is 3. The summed E-state index contributed by atoms with van der Waals surface area (Å²) in [6, 6.07) is 8.09. The summed E-state index contributed by atoms with van der Waals surface area (Å²) in [5, 5.41) is 0.0628. The van der Waals surface area contributed by atoms with Crippen LogP contribution in [0.2, 0.25) is 10.0 Å². The summed E-state index contributed by atoms with van der Waals surface area (Å²) in [6.45, 7) is 0. The van der Waals surface area contributed by atoms with Gasteiger partial charge in [0.05, 0.1) is 20.6 Å². The molecule has 1 aliphatic rings. The van der Waals surface area contributed by atoms with Crippen LogP contribution in [-0.2, 0) is 4.79 Å². The van der Waals surface area contributed by atoms with E-state index in [1.54, 1.807) is 0 Å². The van der Waals surface area contributed by atoms with E-state index in [1.165, 1.54) is 41.3 Å². The van der Waals surface area contributed by atoms with Gasteiger partial charge in [-0.15, -0.1) is 0 Å². The summed E-state index contributed by atoms with van der Waals surface area (Å²) in [4.78, 5) is 14.0. The molecule has 1 saturated heterocycles. The van der Waals surface area contributed by atoms with Gasteiger partial charge in [0.25, 0.3) is 5.91 Å². The Balaban J connectivity index is 2.00. The highest BCUT2D eigenvalue weighted by molar-refractivity contribution is 8.27. The number of carbonyl (C=O) groups is 1. The Bertz CT molecular complexity index is 881. The lowest BCUT2D eigenvalue weighted by molar-refractivity contribution is -0.113. The lowest BCUT2D eigenvalue weighted by Crippen LogP contribution is -2.27. The molecular formula is C16H7Cl2F2NOS2. The molecular weight excluding hydrogens is 395 g/mol. The maximum atomic E-state index is 13.9. The van der Waals surface area contributed by atoms with E-state index in [2.05, 4.69) is 0 Å². The normalized spacial score (nSPS) is 16.3. The third kappa shape index (κ3) is 3.19. The summed E-state index contributed by atoms with van der Waals surface area (Å²) in [7, 11) is 0. The molecule has 0 aromatic heterocycles. The van der Waals surface area contributed by atoms with Crippen molar-refractivity contribution in [2.45, 2.75) is 0 Å². The fraction of sp³-hybridized carbons (Fsp3) is 0. The first kappa shape index (κ1) is 17.4. The van der Waals surface area contributed by atoms with Crippen LogP contribution in [0.4, 0.5) is 14.5 Å². The lowest BCUT2D eigenvalue weighted by atomic mass is 10.2. The molecule has 2 aromatic carbocycles. The van der Waals surface area contributed by atoms with Crippen molar-refractivity contribution in [3.8, 4) is 0 Å². The van der Waals surface area contributed by atoms with Crippen LogP contribution >= 0.6 is 47.2 Å². The average Bonchev–Trinajstić information content (AvgIpc) is 2.80. The Morgan fingerprint density at radius 1 is 1.08 bits per heavy atom. The Hall–Kier alpha value is -1.47. The minimum Gasteiger partial charge on any atom is -0.268 e. The maximum absolute atomic E-state index is 13.9. The number of thiocarbonyl (C=S) groups is 1. The second-order valence-electron chi connectivity index (χ2n) is 4.75. The summed E-state index contributed by atoms with van der Waals surface area (Å²) < 4.78 is 27.4. The zero-order chi connectivity index (χ0) is 17.4. The molecule has 0 aliphatic carbocycles. The second-order valence-corrected chi connectivity index (χ2v) is 7.24. The van der Waals surface area contributed by atoms with Crippen LogP contribution in [0, 0.1) is 11.6 Å². The molecule has 0 radical (unpaired) electrons. The number of amides is 1. The Labute approximate surface area is 156 Å². The Kier molecular flexibility index (Phi) is 4.92. The van der Waals surface area contributed by atoms with E-state index in [1.807, 2.05) is 0 Å². The van der Waals surface area contributed by atoms with Gasteiger partial charge in [0, 0.05) is 5.56 Å². The molecule has 1 fully saturated rings. The van der Waals surface area contributed by atoms with E-state index in [4.69, 9.17) is 35.4 Å². The lowest BCUT2D eigenvalue weighted by Gasteiger charge is -2.14. The monoisotopic (exact) mass is 401 g/mol. The molecule has 0 spiro atoms. The number of thioether (sulfide) groups is 1. The molecule has 3 rings (SSSR count). The van der Waals surface area contributed by atoms with Gasteiger partial charge in [0.15, 0.2) is 4.32 Å². The molecule has 2 aromatic rings. The molecule has 1 aliphatic heterocycles. The van der Waals surface area contributed by atoms with E-state index in [0.717, 1.165) is 17.8 Å². The number of benzene rings is 2. The van der Waals surface area contributed by atoms with E-state index in [0.29, 0.717) is 5.69 Å². The highest BCUT2D eigenvalue weighted by Gasteiger charge is 2.34. The van der Waals surface area contributed by atoms with Crippen molar-refractivity contribution < 1.29 is 13.6 Å². The van der Waals surface area contributed by atoms with Crippen LogP contribution in [0.1, 0.15) is 5.56 Å². The fourth-order valence-corrected chi connectivity index (χ4v) is 3.77. The van der Waals surface area contributed by atoms with Gasteiger partial charge < -0.3 is 0 Å². The highest BCUT2D eigenvalue weighted by atomic mass is 35.5. The molecule has 0 bridgehead atoms. The summed E-state index contributed by atoms with van der Waals surface area (Å²) >= 11 is 17.9. The first-order chi connectivity index (χ1) is 11.4. The van der Waals surface area contributed by atoms with E-state index < -0.39 is 17.5 Å². The van der Waals surface area contributed by atoms with Crippen molar-refractivity contribution in [1.82, 2.24) is 0 Å². The molecule has 0 saturated carbocycles. The number of anilines is 1. The van der Waals surface area contributed by atoms with Crippen LogP contribution < -0.4 is 4.90 Å². The number of nitrogens with zero attached hydrogens (tertiary/aromatic N) is 1. The highest BCUT2D eigenvalue weighted by Crippen LogP contribution is 2.38. The van der Waals surface area contributed by atoms with Gasteiger partial charge in [-0.1, -0.05) is 53.2 Å². The van der Waals surface area contributed by atoms with Crippen molar-refractivity contribution in [3.63, 3.8) is 0 Å². The van der Waals surface area contributed by atoms with E-state index in [9.17, 15) is 13.6 Å². The van der Waals surface area contributed by atoms with Crippen molar-refractivity contribution in [2.75, 3.05) is 4.90 Å². The van der Waals surface area contributed by atoms with E-state index in [-0.39, 0.29) is 24.8 Å². The topological polar surface area (TPSA) is 20.3 Å². The quantitative estimate of drug-likeness (QED) is 0.476. The van der Waals surface area contributed by atoms with Crippen LogP contribution in [0.5, 0.6) is 0 Å². The Morgan fingerprint density at radius 3 is 2.50 bits per heavy atom. The molecule has 0 N–H and O–H groups in total. The molecule has 1 heterocycles. The predicted octanol–water partition coefficient (Wildman–Crippen LogP) is 5.68. The summed E-state index contributed by atoms with van der Waals surface area (Å²) in [5.41, 5.74) is 0.448. The van der Waals surface area contributed by atoms with Crippen LogP contribution in [0.3, 0.4) is 0 Å². The summed E-state index contributed by atoms with van der Waals surface area (Å²) in [6.07, 6.45) is 1.35. The van der Waals surface area contributed by atoms with Gasteiger partial charge >= 0.3 is 0 Å². The van der Waals surface area contributed by atoms with Crippen molar-refractivity contribution >= 4 is 69.2 Å². The molecule has 0 atom stereocenters. The smallest absolute Gasteiger partial charge is 0.268 e. The van der Waals surface area contributed by atoms with Crippen molar-refractivity contribution in [3.05, 3.63) is 68.5 Å². The zero-order valence-electron chi connectivity index (χ0n) is 11.7. The maximum Gasteiger partial charge on any atom is 0.270 e. The number of halogens is 4. The van der Waals surface area contributed by atoms with Crippen LogP contribution in [0.25, 0.3) is 6.08 Å². The molecule has 1 amide bonds. The van der Waals surface area contributed by atoms with E-state index >= 15 is 0 Å². The number of rotatable bonds is 2. The van der Waals surface area contributed by atoms with Crippen LogP contribution in [-0.4, -0.2) is 10.2 Å². The first-order valence-electron chi connectivity index (χ1n) is 6.55. The SMILES string of the molecule is O=C1/C(=C/c2c(F)cccc2Cl)SC(=S)N1c1ccc(F)c(Cl)c1. The van der Waals surface area contributed by atoms with Gasteiger partial charge in [-0.2, -0.15) is 0 Å². The number of hydrogen-bond donors (Lipinski definition) is 0. The third-order valence-corrected chi connectivity index (χ3v) is 5.15. The van der Waals surface area contributed by atoms with Crippen LogP contribution in [0.15, 0.2) is 41.3 Å². The van der Waals surface area contributed by atoms with Gasteiger partial charge in [-0.25, -0.2) is 8.78 Å². The van der Waals surface area contributed by atoms with Gasteiger partial charge in [-0.05, 0) is 36.4 Å². The summed E-state index contributed by atoms with van der Waals surface area (Å²) in [5.74, 6) is -1.59. The molecule has 0 unspecified atom stereocenters. The van der Waals surface area contributed by atoms with Crippen molar-refractivity contribution in [2.24, 2.45) is 0 Å². The van der Waals surface area contributed by atoms with Crippen molar-refractivity contribution in [1.29, 1.82) is 0 Å². The predicted molar refractivity (Wildman–Crippen MR) is 98.5 cm³/mol. The number of carbonyl (C=O) groups excluding carboxylic acids is 1. The Morgan fingerprint density at radius 2 is 1.83 bits per heavy atom. The third-order valence-electron chi connectivity index (χ3n) is 3.23. The van der Waals surface area contributed by atoms with Gasteiger partial charge in [0.2, 0.25) is 0 Å². The minimum atomic E-state index is -0.598. The first-order valence-corrected chi connectivity index (χ1v) is 8.53. The van der Waals surface area contributed by atoms with Gasteiger partial charge in [0.1, 0.15) is 11.6 Å². The van der Waals surface area contributed by atoms with Gasteiger partial charge in [-0.3, -0.25) is 9.69 Å². The zero-order valence-corrected chi connectivity index (χ0v) is 14.9. The minimum absolute atomic E-state index is 0.108. The second kappa shape index (κ2) is 6.80. The fourth-order valence-electron chi connectivity index (χ4n) is 2.09.